The van der Waals surface area contributed by atoms with Gasteiger partial charge in [-0.15, -0.1) is 0 Å². The molecule has 0 saturated heterocycles. The Morgan fingerprint density at radius 3 is 1.89 bits per heavy atom. The molecule has 8 aromatic rings. The maximum Gasteiger partial charge on any atom is 0.137 e. The van der Waals surface area contributed by atoms with Gasteiger partial charge in [0.25, 0.3) is 0 Å². The summed E-state index contributed by atoms with van der Waals surface area (Å²) in [5.74, 6) is 0. The summed E-state index contributed by atoms with van der Waals surface area (Å²) in [5.41, 5.74) is 15.2. The summed E-state index contributed by atoms with van der Waals surface area (Å²) in [6.07, 6.45) is 0. The van der Waals surface area contributed by atoms with Crippen molar-refractivity contribution in [3.05, 3.63) is 175 Å². The third-order valence-corrected chi connectivity index (χ3v) is 9.88. The second-order valence-electron chi connectivity index (χ2n) is 12.9. The summed E-state index contributed by atoms with van der Waals surface area (Å²) in [6.45, 7) is 4.70. The number of fused-ring (bicyclic) bond motifs is 6. The Morgan fingerprint density at radius 1 is 0.468 bits per heavy atom. The van der Waals surface area contributed by atoms with E-state index < -0.39 is 0 Å². The van der Waals surface area contributed by atoms with Gasteiger partial charge in [0.2, 0.25) is 0 Å². The third-order valence-electron chi connectivity index (χ3n) is 9.88. The first-order valence-electron chi connectivity index (χ1n) is 16.3. The van der Waals surface area contributed by atoms with Crippen LogP contribution in [0.25, 0.3) is 55.3 Å². The van der Waals surface area contributed by atoms with Crippen LogP contribution in [0, 0.1) is 0 Å². The maximum absolute atomic E-state index is 6.38. The normalized spacial score (nSPS) is 13.1. The van der Waals surface area contributed by atoms with Gasteiger partial charge in [-0.25, -0.2) is 0 Å². The molecule has 1 aliphatic carbocycles. The first kappa shape index (κ1) is 27.5. The quantitative estimate of drug-likeness (QED) is 0.195. The minimum Gasteiger partial charge on any atom is -0.456 e. The van der Waals surface area contributed by atoms with E-state index in [1.807, 2.05) is 6.07 Å². The van der Waals surface area contributed by atoms with Gasteiger partial charge in [-0.05, 0) is 87.0 Å². The molecule has 0 aliphatic heterocycles. The summed E-state index contributed by atoms with van der Waals surface area (Å²) in [7, 11) is 0. The van der Waals surface area contributed by atoms with E-state index in [0.717, 1.165) is 39.0 Å². The van der Waals surface area contributed by atoms with Gasteiger partial charge in [0.1, 0.15) is 11.2 Å². The predicted octanol–water partition coefficient (Wildman–Crippen LogP) is 12.7. The molecule has 1 aliphatic rings. The van der Waals surface area contributed by atoms with Crippen LogP contribution < -0.4 is 4.90 Å². The van der Waals surface area contributed by atoms with Crippen molar-refractivity contribution in [1.29, 1.82) is 0 Å². The summed E-state index contributed by atoms with van der Waals surface area (Å²) in [4.78, 5) is 2.40. The molecule has 0 unspecified atom stereocenters. The van der Waals surface area contributed by atoms with Gasteiger partial charge in [-0.2, -0.15) is 0 Å². The standard InChI is InChI=1S/C45H33NO/c1-45(2)38-28-27-34(29-37(38)43-35(18-11-19-39(43)45)32-15-7-4-8-16-32)46(33-25-23-31(24-26-33)30-13-5-3-6-14-30)40-20-12-22-42-44(40)36-17-9-10-21-41(36)47-42/h3-29H,1-2H3. The van der Waals surface area contributed by atoms with Crippen LogP contribution in [0.5, 0.6) is 0 Å². The molecule has 0 bridgehead atoms. The molecular formula is C45H33NO. The zero-order valence-electron chi connectivity index (χ0n) is 26.4. The molecule has 0 saturated carbocycles. The number of nitrogens with zero attached hydrogens (tertiary/aromatic N) is 1. The number of rotatable bonds is 5. The fourth-order valence-electron chi connectivity index (χ4n) is 7.59. The fourth-order valence-corrected chi connectivity index (χ4v) is 7.59. The number of furan rings is 1. The van der Waals surface area contributed by atoms with Crippen LogP contribution in [0.2, 0.25) is 0 Å². The molecule has 0 N–H and O–H groups in total. The molecule has 2 heteroatoms. The molecule has 7 aromatic carbocycles. The Hall–Kier alpha value is -5.86. The van der Waals surface area contributed by atoms with E-state index in [0.29, 0.717) is 0 Å². The van der Waals surface area contributed by atoms with Crippen molar-refractivity contribution in [1.82, 2.24) is 0 Å². The second-order valence-corrected chi connectivity index (χ2v) is 12.9. The van der Waals surface area contributed by atoms with Crippen molar-refractivity contribution < 1.29 is 4.42 Å². The number of para-hydroxylation sites is 1. The molecule has 0 radical (unpaired) electrons. The van der Waals surface area contributed by atoms with E-state index in [-0.39, 0.29) is 5.41 Å². The lowest BCUT2D eigenvalue weighted by Crippen LogP contribution is -2.15. The van der Waals surface area contributed by atoms with Crippen LogP contribution in [0.3, 0.4) is 0 Å². The first-order chi connectivity index (χ1) is 23.1. The predicted molar refractivity (Wildman–Crippen MR) is 197 cm³/mol. The van der Waals surface area contributed by atoms with Crippen molar-refractivity contribution in [2.45, 2.75) is 19.3 Å². The number of benzene rings is 7. The Balaban J connectivity index is 1.29. The molecule has 9 rings (SSSR count). The lowest BCUT2D eigenvalue weighted by atomic mass is 9.82. The van der Waals surface area contributed by atoms with Gasteiger partial charge in [-0.1, -0.05) is 135 Å². The molecule has 0 fully saturated rings. The minimum absolute atomic E-state index is 0.114. The molecule has 2 nitrogen and oxygen atoms in total. The highest BCUT2D eigenvalue weighted by Gasteiger charge is 2.37. The van der Waals surface area contributed by atoms with Crippen LogP contribution in [0.4, 0.5) is 17.1 Å². The maximum atomic E-state index is 6.38. The molecular weight excluding hydrogens is 571 g/mol. The van der Waals surface area contributed by atoms with Gasteiger partial charge in [-0.3, -0.25) is 0 Å². The van der Waals surface area contributed by atoms with Crippen molar-refractivity contribution in [2.24, 2.45) is 0 Å². The molecule has 224 valence electrons. The van der Waals surface area contributed by atoms with Crippen LogP contribution in [0.1, 0.15) is 25.0 Å². The minimum atomic E-state index is -0.114. The van der Waals surface area contributed by atoms with E-state index >= 15 is 0 Å². The first-order valence-corrected chi connectivity index (χ1v) is 16.3. The van der Waals surface area contributed by atoms with Crippen LogP contribution in [-0.2, 0) is 5.41 Å². The molecule has 0 spiro atoms. The molecule has 47 heavy (non-hydrogen) atoms. The van der Waals surface area contributed by atoms with Crippen LogP contribution in [0.15, 0.2) is 168 Å². The third kappa shape index (κ3) is 4.33. The topological polar surface area (TPSA) is 16.4 Å². The Bertz CT molecular complexity index is 2420. The van der Waals surface area contributed by atoms with E-state index in [1.165, 1.54) is 44.5 Å². The van der Waals surface area contributed by atoms with Crippen molar-refractivity contribution in [3.63, 3.8) is 0 Å². The zero-order valence-corrected chi connectivity index (χ0v) is 26.4. The molecule has 0 atom stereocenters. The van der Waals surface area contributed by atoms with Gasteiger partial charge >= 0.3 is 0 Å². The lowest BCUT2D eigenvalue weighted by Gasteiger charge is -2.28. The highest BCUT2D eigenvalue weighted by molar-refractivity contribution is 6.13. The Kier molecular flexibility index (Phi) is 6.20. The van der Waals surface area contributed by atoms with E-state index in [1.54, 1.807) is 0 Å². The van der Waals surface area contributed by atoms with Gasteiger partial charge in [0.15, 0.2) is 0 Å². The molecule has 1 heterocycles. The van der Waals surface area contributed by atoms with E-state index in [4.69, 9.17) is 4.42 Å². The van der Waals surface area contributed by atoms with Crippen LogP contribution in [-0.4, -0.2) is 0 Å². The number of hydrogen-bond acceptors (Lipinski definition) is 2. The number of anilines is 3. The van der Waals surface area contributed by atoms with E-state index in [2.05, 4.69) is 176 Å². The summed E-state index contributed by atoms with van der Waals surface area (Å²) >= 11 is 0. The Morgan fingerprint density at radius 2 is 1.11 bits per heavy atom. The van der Waals surface area contributed by atoms with Gasteiger partial charge in [0, 0.05) is 22.2 Å². The average Bonchev–Trinajstić information content (AvgIpc) is 3.62. The zero-order chi connectivity index (χ0) is 31.5. The largest absolute Gasteiger partial charge is 0.456 e. The lowest BCUT2D eigenvalue weighted by molar-refractivity contribution is 0.660. The fraction of sp³-hybridized carbons (Fsp3) is 0.0667. The van der Waals surface area contributed by atoms with Crippen molar-refractivity contribution in [3.8, 4) is 33.4 Å². The smallest absolute Gasteiger partial charge is 0.137 e. The summed E-state index contributed by atoms with van der Waals surface area (Å²) < 4.78 is 6.38. The van der Waals surface area contributed by atoms with Crippen LogP contribution >= 0.6 is 0 Å². The molecule has 0 amide bonds. The van der Waals surface area contributed by atoms with Crippen molar-refractivity contribution >= 4 is 39.0 Å². The van der Waals surface area contributed by atoms with E-state index in [9.17, 15) is 0 Å². The van der Waals surface area contributed by atoms with Crippen molar-refractivity contribution in [2.75, 3.05) is 4.90 Å². The molecule has 1 aromatic heterocycles. The second kappa shape index (κ2) is 10.6. The highest BCUT2D eigenvalue weighted by atomic mass is 16.3. The monoisotopic (exact) mass is 603 g/mol. The Labute approximate surface area is 275 Å². The van der Waals surface area contributed by atoms with Gasteiger partial charge in [0.05, 0.1) is 11.1 Å². The van der Waals surface area contributed by atoms with Gasteiger partial charge < -0.3 is 9.32 Å². The summed E-state index contributed by atoms with van der Waals surface area (Å²) in [6, 6.07) is 58.8. The number of hydrogen-bond donors (Lipinski definition) is 0. The SMILES string of the molecule is CC1(C)c2ccc(N(c3ccc(-c4ccccc4)cc3)c3cccc4oc5ccccc5c34)cc2-c2c(-c3ccccc3)cccc21. The highest BCUT2D eigenvalue weighted by Crippen LogP contribution is 2.54. The summed E-state index contributed by atoms with van der Waals surface area (Å²) in [5, 5.41) is 2.23. The average molecular weight is 604 g/mol.